The van der Waals surface area contributed by atoms with Gasteiger partial charge in [0, 0.05) is 11.0 Å². The zero-order valence-corrected chi connectivity index (χ0v) is 7.71. The molecule has 58 valence electrons. The Morgan fingerprint density at radius 2 is 1.91 bits per heavy atom. The van der Waals surface area contributed by atoms with Crippen molar-refractivity contribution in [2.24, 2.45) is 5.73 Å². The van der Waals surface area contributed by atoms with Crippen molar-refractivity contribution < 1.29 is 0 Å². The number of nitrogens with two attached hydrogens (primary N) is 1. The summed E-state index contributed by atoms with van der Waals surface area (Å²) >= 11 is 3.36. The van der Waals surface area contributed by atoms with Crippen molar-refractivity contribution in [3.05, 3.63) is 40.4 Å². The van der Waals surface area contributed by atoms with E-state index in [9.17, 15) is 0 Å². The van der Waals surface area contributed by atoms with Gasteiger partial charge in [0.15, 0.2) is 0 Å². The van der Waals surface area contributed by atoms with Gasteiger partial charge in [-0.05, 0) is 17.7 Å². The predicted octanol–water partition coefficient (Wildman–Crippen LogP) is 2.42. The van der Waals surface area contributed by atoms with E-state index < -0.39 is 0 Å². The molecule has 0 aliphatic heterocycles. The molecule has 0 aliphatic carbocycles. The summed E-state index contributed by atoms with van der Waals surface area (Å²) in [5.41, 5.74) is 6.49. The predicted molar refractivity (Wildman–Crippen MR) is 52.2 cm³/mol. The van der Waals surface area contributed by atoms with Gasteiger partial charge in [0.05, 0.1) is 0 Å². The average molecular weight is 212 g/mol. The molecule has 2 heteroatoms. The van der Waals surface area contributed by atoms with Crippen molar-refractivity contribution >= 4 is 22.0 Å². The molecule has 11 heavy (non-hydrogen) atoms. The first kappa shape index (κ1) is 8.50. The third kappa shape index (κ3) is 2.87. The largest absolute Gasteiger partial charge is 0.327 e. The van der Waals surface area contributed by atoms with Crippen LogP contribution in [0.2, 0.25) is 0 Å². The van der Waals surface area contributed by atoms with Crippen LogP contribution in [0.3, 0.4) is 0 Å². The van der Waals surface area contributed by atoms with Crippen molar-refractivity contribution in [3.63, 3.8) is 0 Å². The van der Waals surface area contributed by atoms with Crippen LogP contribution in [0.1, 0.15) is 5.56 Å². The molecule has 0 saturated heterocycles. The maximum absolute atomic E-state index is 5.31. The molecule has 0 amide bonds. The molecule has 0 aromatic heterocycles. The van der Waals surface area contributed by atoms with Crippen molar-refractivity contribution in [2.75, 3.05) is 6.54 Å². The second kappa shape index (κ2) is 4.31. The van der Waals surface area contributed by atoms with Gasteiger partial charge in [-0.1, -0.05) is 40.2 Å². The maximum Gasteiger partial charge on any atom is 0.0175 e. The van der Waals surface area contributed by atoms with Crippen LogP contribution in [0.15, 0.2) is 34.8 Å². The van der Waals surface area contributed by atoms with Crippen LogP contribution in [-0.2, 0) is 0 Å². The van der Waals surface area contributed by atoms with Gasteiger partial charge in [-0.25, -0.2) is 0 Å². The quantitative estimate of drug-likeness (QED) is 0.800. The molecule has 0 fully saturated rings. The van der Waals surface area contributed by atoms with E-state index in [0.29, 0.717) is 6.54 Å². The van der Waals surface area contributed by atoms with Crippen molar-refractivity contribution in [1.82, 2.24) is 0 Å². The third-order valence-corrected chi connectivity index (χ3v) is 1.85. The van der Waals surface area contributed by atoms with E-state index in [1.54, 1.807) is 0 Å². The van der Waals surface area contributed by atoms with Crippen LogP contribution in [0, 0.1) is 0 Å². The van der Waals surface area contributed by atoms with E-state index in [4.69, 9.17) is 5.73 Å². The first-order valence-electron chi connectivity index (χ1n) is 3.45. The Hall–Kier alpha value is -0.600. The van der Waals surface area contributed by atoms with Crippen molar-refractivity contribution in [1.29, 1.82) is 0 Å². The third-order valence-electron chi connectivity index (χ3n) is 1.32. The molecule has 1 nitrogen and oxygen atoms in total. The summed E-state index contributed by atoms with van der Waals surface area (Å²) in [5.74, 6) is 0. The standard InChI is InChI=1S/C9H10BrN/c10-9-5-3-8(4-6-9)2-1-7-11/h1-6H,7,11H2/b2-1-. The average Bonchev–Trinajstić information content (AvgIpc) is 2.04. The lowest BCUT2D eigenvalue weighted by Gasteiger charge is -1.92. The molecule has 1 aromatic carbocycles. The Kier molecular flexibility index (Phi) is 3.33. The number of hydrogen-bond acceptors (Lipinski definition) is 1. The minimum atomic E-state index is 0.593. The van der Waals surface area contributed by atoms with Crippen LogP contribution in [0.5, 0.6) is 0 Å². The molecule has 0 unspecified atom stereocenters. The zero-order valence-electron chi connectivity index (χ0n) is 6.13. The highest BCUT2D eigenvalue weighted by Gasteiger charge is 1.85. The van der Waals surface area contributed by atoms with Gasteiger partial charge < -0.3 is 5.73 Å². The Morgan fingerprint density at radius 3 is 2.45 bits per heavy atom. The van der Waals surface area contributed by atoms with Gasteiger partial charge in [0.2, 0.25) is 0 Å². The van der Waals surface area contributed by atoms with Crippen molar-refractivity contribution in [2.45, 2.75) is 0 Å². The summed E-state index contributed by atoms with van der Waals surface area (Å²) in [7, 11) is 0. The molecule has 0 aliphatic rings. The molecule has 0 spiro atoms. The Bertz CT molecular complexity index is 238. The summed E-state index contributed by atoms with van der Waals surface area (Å²) in [6.07, 6.45) is 3.94. The molecule has 0 heterocycles. The normalized spacial score (nSPS) is 10.7. The maximum atomic E-state index is 5.31. The first-order valence-corrected chi connectivity index (χ1v) is 4.24. The van der Waals surface area contributed by atoms with E-state index in [2.05, 4.69) is 15.9 Å². The number of hydrogen-bond donors (Lipinski definition) is 1. The molecular formula is C9H10BrN. The van der Waals surface area contributed by atoms with Gasteiger partial charge in [0.25, 0.3) is 0 Å². The van der Waals surface area contributed by atoms with E-state index in [1.165, 1.54) is 5.56 Å². The molecule has 0 saturated carbocycles. The fourth-order valence-corrected chi connectivity index (χ4v) is 1.04. The van der Waals surface area contributed by atoms with Crippen LogP contribution in [0.4, 0.5) is 0 Å². The highest BCUT2D eigenvalue weighted by atomic mass is 79.9. The first-order chi connectivity index (χ1) is 5.33. The SMILES string of the molecule is NC/C=C\c1ccc(Br)cc1. The monoisotopic (exact) mass is 211 g/mol. The molecule has 2 N–H and O–H groups in total. The second-order valence-electron chi connectivity index (χ2n) is 2.19. The van der Waals surface area contributed by atoms with Crippen LogP contribution in [-0.4, -0.2) is 6.54 Å². The minimum Gasteiger partial charge on any atom is -0.327 e. The molecule has 0 bridgehead atoms. The van der Waals surface area contributed by atoms with Gasteiger partial charge in [-0.15, -0.1) is 0 Å². The Morgan fingerprint density at radius 1 is 1.27 bits per heavy atom. The van der Waals surface area contributed by atoms with E-state index >= 15 is 0 Å². The van der Waals surface area contributed by atoms with Gasteiger partial charge in [-0.3, -0.25) is 0 Å². The zero-order chi connectivity index (χ0) is 8.10. The lowest BCUT2D eigenvalue weighted by molar-refractivity contribution is 1.26. The molecular weight excluding hydrogens is 202 g/mol. The summed E-state index contributed by atoms with van der Waals surface area (Å²) in [4.78, 5) is 0. The number of rotatable bonds is 2. The van der Waals surface area contributed by atoms with E-state index in [-0.39, 0.29) is 0 Å². The Labute approximate surface area is 75.0 Å². The summed E-state index contributed by atoms with van der Waals surface area (Å²) in [6, 6.07) is 8.10. The smallest absolute Gasteiger partial charge is 0.0175 e. The van der Waals surface area contributed by atoms with Crippen LogP contribution in [0.25, 0.3) is 6.08 Å². The molecule has 0 atom stereocenters. The second-order valence-corrected chi connectivity index (χ2v) is 3.11. The van der Waals surface area contributed by atoms with Gasteiger partial charge >= 0.3 is 0 Å². The highest BCUT2D eigenvalue weighted by Crippen LogP contribution is 2.11. The minimum absolute atomic E-state index is 0.593. The summed E-state index contributed by atoms with van der Waals surface area (Å²) < 4.78 is 1.10. The van der Waals surface area contributed by atoms with E-state index in [0.717, 1.165) is 4.47 Å². The summed E-state index contributed by atoms with van der Waals surface area (Å²) in [5, 5.41) is 0. The number of halogens is 1. The van der Waals surface area contributed by atoms with Crippen LogP contribution >= 0.6 is 15.9 Å². The lowest BCUT2D eigenvalue weighted by Crippen LogP contribution is -1.91. The summed E-state index contributed by atoms with van der Waals surface area (Å²) in [6.45, 7) is 0.593. The number of benzene rings is 1. The topological polar surface area (TPSA) is 26.0 Å². The van der Waals surface area contributed by atoms with Crippen molar-refractivity contribution in [3.8, 4) is 0 Å². The molecule has 1 rings (SSSR count). The van der Waals surface area contributed by atoms with Gasteiger partial charge in [0.1, 0.15) is 0 Å². The Balaban J connectivity index is 2.73. The van der Waals surface area contributed by atoms with Crippen LogP contribution < -0.4 is 5.73 Å². The molecule has 1 aromatic rings. The highest BCUT2D eigenvalue weighted by molar-refractivity contribution is 9.10. The fourth-order valence-electron chi connectivity index (χ4n) is 0.778. The molecule has 0 radical (unpaired) electrons. The fraction of sp³-hybridized carbons (Fsp3) is 0.111. The lowest BCUT2D eigenvalue weighted by atomic mass is 10.2. The van der Waals surface area contributed by atoms with Gasteiger partial charge in [-0.2, -0.15) is 0 Å². The van der Waals surface area contributed by atoms with E-state index in [1.807, 2.05) is 36.4 Å².